The predicted octanol–water partition coefficient (Wildman–Crippen LogP) is 4.89. The van der Waals surface area contributed by atoms with Gasteiger partial charge in [-0.3, -0.25) is 0 Å². The summed E-state index contributed by atoms with van der Waals surface area (Å²) in [5.74, 6) is 0. The molecule has 0 spiro atoms. The molecule has 1 aromatic carbocycles. The van der Waals surface area contributed by atoms with Gasteiger partial charge in [-0.25, -0.2) is 0 Å². The molecule has 0 saturated carbocycles. The number of benzene rings is 1. The maximum atomic E-state index is 6.38. The van der Waals surface area contributed by atoms with Crippen LogP contribution in [0.25, 0.3) is 0 Å². The van der Waals surface area contributed by atoms with Crippen molar-refractivity contribution in [2.24, 2.45) is 0 Å². The van der Waals surface area contributed by atoms with E-state index in [-0.39, 0.29) is 0 Å². The highest BCUT2D eigenvalue weighted by Gasteiger charge is 2.15. The second-order valence-corrected chi connectivity index (χ2v) is 6.07. The normalized spacial score (nSPS) is 12.8. The van der Waals surface area contributed by atoms with Crippen molar-refractivity contribution in [1.82, 2.24) is 10.2 Å². The molecule has 0 bridgehead atoms. The molecule has 0 radical (unpaired) electrons. The van der Waals surface area contributed by atoms with Gasteiger partial charge in [0, 0.05) is 11.1 Å². The van der Waals surface area contributed by atoms with Gasteiger partial charge >= 0.3 is 0 Å². The first-order valence-corrected chi connectivity index (χ1v) is 8.80. The van der Waals surface area contributed by atoms with Crippen molar-refractivity contribution < 1.29 is 0 Å². The molecule has 1 aromatic rings. The van der Waals surface area contributed by atoms with Crippen LogP contribution in [0.15, 0.2) is 24.3 Å². The fraction of sp³-hybridized carbons (Fsp3) is 0.667. The van der Waals surface area contributed by atoms with Crippen LogP contribution in [0.5, 0.6) is 0 Å². The fourth-order valence-corrected chi connectivity index (χ4v) is 2.99. The van der Waals surface area contributed by atoms with Crippen molar-refractivity contribution in [3.63, 3.8) is 0 Å². The van der Waals surface area contributed by atoms with Crippen LogP contribution in [-0.2, 0) is 0 Å². The standard InChI is InChI=1S/C18H31ClN2/c1-4-12-20-18(16-9-7-8-10-17(16)19)11-15-21(13-5-2)14-6-3/h7-10,18,20H,4-6,11-15H2,1-3H3. The molecule has 1 N–H and O–H groups in total. The number of halogens is 1. The summed E-state index contributed by atoms with van der Waals surface area (Å²) in [4.78, 5) is 2.57. The summed E-state index contributed by atoms with van der Waals surface area (Å²) < 4.78 is 0. The van der Waals surface area contributed by atoms with E-state index in [2.05, 4.69) is 43.1 Å². The maximum absolute atomic E-state index is 6.38. The lowest BCUT2D eigenvalue weighted by molar-refractivity contribution is 0.257. The first-order valence-electron chi connectivity index (χ1n) is 8.43. The van der Waals surface area contributed by atoms with E-state index in [4.69, 9.17) is 11.6 Å². The topological polar surface area (TPSA) is 15.3 Å². The quantitative estimate of drug-likeness (QED) is 0.626. The molecule has 3 heteroatoms. The van der Waals surface area contributed by atoms with Crippen LogP contribution in [-0.4, -0.2) is 31.1 Å². The molecule has 0 aliphatic heterocycles. The summed E-state index contributed by atoms with van der Waals surface area (Å²) in [6.45, 7) is 11.3. The van der Waals surface area contributed by atoms with E-state index < -0.39 is 0 Å². The Balaban J connectivity index is 2.67. The number of nitrogens with one attached hydrogen (secondary N) is 1. The molecular formula is C18H31ClN2. The highest BCUT2D eigenvalue weighted by molar-refractivity contribution is 6.31. The Morgan fingerprint density at radius 2 is 1.67 bits per heavy atom. The lowest BCUT2D eigenvalue weighted by Crippen LogP contribution is -2.31. The highest BCUT2D eigenvalue weighted by Crippen LogP contribution is 2.25. The van der Waals surface area contributed by atoms with Crippen LogP contribution in [0.2, 0.25) is 5.02 Å². The van der Waals surface area contributed by atoms with Crippen molar-refractivity contribution in [1.29, 1.82) is 0 Å². The summed E-state index contributed by atoms with van der Waals surface area (Å²) in [5, 5.41) is 4.53. The predicted molar refractivity (Wildman–Crippen MR) is 94.1 cm³/mol. The van der Waals surface area contributed by atoms with E-state index in [1.807, 2.05) is 12.1 Å². The summed E-state index contributed by atoms with van der Waals surface area (Å²) in [7, 11) is 0. The van der Waals surface area contributed by atoms with Gasteiger partial charge in [0.15, 0.2) is 0 Å². The van der Waals surface area contributed by atoms with Gasteiger partial charge in [0.2, 0.25) is 0 Å². The average molecular weight is 311 g/mol. The molecule has 0 saturated heterocycles. The minimum absolute atomic E-state index is 0.356. The lowest BCUT2D eigenvalue weighted by Gasteiger charge is -2.26. The molecule has 0 fully saturated rings. The molecule has 1 atom stereocenters. The van der Waals surface area contributed by atoms with Crippen LogP contribution in [0.1, 0.15) is 58.1 Å². The first-order chi connectivity index (χ1) is 10.2. The molecule has 1 unspecified atom stereocenters. The molecule has 0 aromatic heterocycles. The first kappa shape index (κ1) is 18.5. The van der Waals surface area contributed by atoms with Crippen LogP contribution in [0, 0.1) is 0 Å². The molecule has 0 aliphatic carbocycles. The number of nitrogens with zero attached hydrogens (tertiary/aromatic N) is 1. The molecule has 1 rings (SSSR count). The second-order valence-electron chi connectivity index (χ2n) is 5.66. The van der Waals surface area contributed by atoms with Crippen LogP contribution >= 0.6 is 11.6 Å². The van der Waals surface area contributed by atoms with Crippen LogP contribution < -0.4 is 5.32 Å². The second kappa shape index (κ2) is 11.1. The molecule has 0 aliphatic rings. The van der Waals surface area contributed by atoms with E-state index >= 15 is 0 Å². The van der Waals surface area contributed by atoms with Gasteiger partial charge in [-0.05, 0) is 63.5 Å². The summed E-state index contributed by atoms with van der Waals surface area (Å²) in [6, 6.07) is 8.59. The van der Waals surface area contributed by atoms with Crippen molar-refractivity contribution in [2.45, 2.75) is 52.5 Å². The number of rotatable bonds is 11. The van der Waals surface area contributed by atoms with Gasteiger partial charge in [0.1, 0.15) is 0 Å². The van der Waals surface area contributed by atoms with E-state index in [0.717, 1.165) is 31.0 Å². The van der Waals surface area contributed by atoms with E-state index in [1.54, 1.807) is 0 Å². The Kier molecular flexibility index (Phi) is 9.73. The fourth-order valence-electron chi connectivity index (χ4n) is 2.72. The molecule has 2 nitrogen and oxygen atoms in total. The largest absolute Gasteiger partial charge is 0.310 e. The van der Waals surface area contributed by atoms with Crippen molar-refractivity contribution in [3.05, 3.63) is 34.9 Å². The number of hydrogen-bond acceptors (Lipinski definition) is 2. The average Bonchev–Trinajstić information content (AvgIpc) is 2.49. The molecule has 21 heavy (non-hydrogen) atoms. The summed E-state index contributed by atoms with van der Waals surface area (Å²) in [5.41, 5.74) is 1.24. The maximum Gasteiger partial charge on any atom is 0.0453 e. The zero-order chi connectivity index (χ0) is 15.5. The van der Waals surface area contributed by atoms with Crippen molar-refractivity contribution >= 4 is 11.6 Å². The third-order valence-electron chi connectivity index (χ3n) is 3.74. The zero-order valence-corrected chi connectivity index (χ0v) is 14.6. The molecular weight excluding hydrogens is 280 g/mol. The number of hydrogen-bond donors (Lipinski definition) is 1. The van der Waals surface area contributed by atoms with Gasteiger partial charge in [0.05, 0.1) is 0 Å². The minimum Gasteiger partial charge on any atom is -0.310 e. The zero-order valence-electron chi connectivity index (χ0n) is 13.9. The Hall–Kier alpha value is -0.570. The third kappa shape index (κ3) is 6.82. The molecule has 0 heterocycles. The Morgan fingerprint density at radius 3 is 2.24 bits per heavy atom. The van der Waals surface area contributed by atoms with E-state index in [1.165, 1.54) is 31.5 Å². The van der Waals surface area contributed by atoms with Gasteiger partial charge in [-0.2, -0.15) is 0 Å². The van der Waals surface area contributed by atoms with Crippen molar-refractivity contribution in [3.8, 4) is 0 Å². The molecule has 0 amide bonds. The van der Waals surface area contributed by atoms with Crippen molar-refractivity contribution in [2.75, 3.05) is 26.2 Å². The van der Waals surface area contributed by atoms with Gasteiger partial charge in [-0.15, -0.1) is 0 Å². The monoisotopic (exact) mass is 310 g/mol. The highest BCUT2D eigenvalue weighted by atomic mass is 35.5. The van der Waals surface area contributed by atoms with Gasteiger partial charge in [-0.1, -0.05) is 50.6 Å². The SMILES string of the molecule is CCCNC(CCN(CCC)CCC)c1ccccc1Cl. The lowest BCUT2D eigenvalue weighted by atomic mass is 10.0. The van der Waals surface area contributed by atoms with Crippen LogP contribution in [0.3, 0.4) is 0 Å². The van der Waals surface area contributed by atoms with Gasteiger partial charge < -0.3 is 10.2 Å². The Morgan fingerprint density at radius 1 is 1.00 bits per heavy atom. The Labute approximate surface area is 135 Å². The summed E-state index contributed by atoms with van der Waals surface area (Å²) >= 11 is 6.38. The summed E-state index contributed by atoms with van der Waals surface area (Å²) in [6.07, 6.45) is 4.70. The smallest absolute Gasteiger partial charge is 0.0453 e. The molecule has 120 valence electrons. The Bertz CT molecular complexity index is 375. The van der Waals surface area contributed by atoms with E-state index in [9.17, 15) is 0 Å². The van der Waals surface area contributed by atoms with Gasteiger partial charge in [0.25, 0.3) is 0 Å². The van der Waals surface area contributed by atoms with E-state index in [0.29, 0.717) is 6.04 Å². The van der Waals surface area contributed by atoms with Crippen LogP contribution in [0.4, 0.5) is 0 Å². The minimum atomic E-state index is 0.356. The third-order valence-corrected chi connectivity index (χ3v) is 4.08.